The molecule has 0 aliphatic carbocycles. The number of hydrogen-bond donors (Lipinski definition) is 0. The number of ether oxygens (including phenoxy) is 3. The zero-order valence-corrected chi connectivity index (χ0v) is 42.1. The molecule has 0 amide bonds. The molecule has 0 unspecified atom stereocenters. The molecule has 0 rings (SSSR count). The van der Waals surface area contributed by atoms with Gasteiger partial charge in [0.05, 0.1) is 0 Å². The maximum Gasteiger partial charge on any atom is 0.306 e. The van der Waals surface area contributed by atoms with Crippen LogP contribution in [0.2, 0.25) is 0 Å². The van der Waals surface area contributed by atoms with Gasteiger partial charge >= 0.3 is 17.9 Å². The van der Waals surface area contributed by atoms with Gasteiger partial charge in [0.1, 0.15) is 13.2 Å². The van der Waals surface area contributed by atoms with E-state index in [4.69, 9.17) is 14.2 Å². The van der Waals surface area contributed by atoms with E-state index in [0.717, 1.165) is 83.5 Å². The van der Waals surface area contributed by atoms with Crippen LogP contribution in [-0.4, -0.2) is 37.2 Å². The molecule has 0 aliphatic heterocycles. The number of carbonyl (C=O) groups is 3. The lowest BCUT2D eigenvalue weighted by molar-refractivity contribution is -0.167. The quantitative estimate of drug-likeness (QED) is 0.0262. The Morgan fingerprint density at radius 3 is 0.921 bits per heavy atom. The molecule has 63 heavy (non-hydrogen) atoms. The zero-order valence-electron chi connectivity index (χ0n) is 42.1. The average molecular weight is 885 g/mol. The lowest BCUT2D eigenvalue weighted by atomic mass is 10.0. The Balaban J connectivity index is 4.35. The second-order valence-electron chi connectivity index (χ2n) is 18.5. The first-order valence-electron chi connectivity index (χ1n) is 27.5. The van der Waals surface area contributed by atoms with E-state index in [0.29, 0.717) is 19.3 Å². The Kier molecular flexibility index (Phi) is 50.3. The fraction of sp³-hybridized carbons (Fsp3) is 0.842. The second-order valence-corrected chi connectivity index (χ2v) is 18.5. The lowest BCUT2D eigenvalue weighted by Crippen LogP contribution is -2.30. The normalized spacial score (nSPS) is 12.2. The molecular formula is C57H104O6. The summed E-state index contributed by atoms with van der Waals surface area (Å²) in [7, 11) is 0. The van der Waals surface area contributed by atoms with Gasteiger partial charge in [0.2, 0.25) is 0 Å². The van der Waals surface area contributed by atoms with Gasteiger partial charge in [-0.25, -0.2) is 0 Å². The molecule has 0 aromatic rings. The molecule has 0 N–H and O–H groups in total. The lowest BCUT2D eigenvalue weighted by Gasteiger charge is -2.18. The van der Waals surface area contributed by atoms with Gasteiger partial charge in [-0.05, 0) is 57.8 Å². The maximum atomic E-state index is 12.8. The summed E-state index contributed by atoms with van der Waals surface area (Å²) in [5.74, 6) is -0.883. The predicted octanol–water partition coefficient (Wildman–Crippen LogP) is 18.1. The molecule has 0 aliphatic rings. The molecule has 0 aromatic heterocycles. The monoisotopic (exact) mass is 885 g/mol. The van der Waals surface area contributed by atoms with Crippen LogP contribution in [0.4, 0.5) is 0 Å². The standard InChI is InChI=1S/C57H104O6/c1-4-7-10-13-16-19-22-24-26-28-30-32-35-38-41-44-47-50-56(59)62-53-54(52-61-55(58)49-46-43-40-37-34-21-18-15-12-9-6-3)63-57(60)51-48-45-42-39-36-33-31-29-27-25-23-20-17-14-11-8-5-2/h16,19,24,26,30,32,54H,4-15,17-18,20-23,25,27-29,31,33-53H2,1-3H3/b19-16-,26-24-,32-30-/t54-/m1/s1. The van der Waals surface area contributed by atoms with Crippen molar-refractivity contribution in [1.82, 2.24) is 0 Å². The Bertz CT molecular complexity index is 1060. The molecule has 0 fully saturated rings. The Labute approximate surface area is 391 Å². The van der Waals surface area contributed by atoms with Crippen LogP contribution in [0.25, 0.3) is 0 Å². The number of hydrogen-bond acceptors (Lipinski definition) is 6. The minimum Gasteiger partial charge on any atom is -0.462 e. The average Bonchev–Trinajstić information content (AvgIpc) is 3.28. The van der Waals surface area contributed by atoms with Crippen LogP contribution in [0.3, 0.4) is 0 Å². The molecule has 0 heterocycles. The number of carbonyl (C=O) groups excluding carboxylic acids is 3. The smallest absolute Gasteiger partial charge is 0.306 e. The first-order chi connectivity index (χ1) is 31.0. The van der Waals surface area contributed by atoms with Gasteiger partial charge in [0.15, 0.2) is 6.10 Å². The van der Waals surface area contributed by atoms with E-state index in [1.807, 2.05) is 0 Å². The molecule has 0 saturated heterocycles. The SMILES string of the molecule is CCCCC/C=C\C/C=C\C/C=C\CCCCCCC(=O)OC[C@@H](COC(=O)CCCCCCCCCCCCC)OC(=O)CCCCCCCCCCCCCCCCCCC. The van der Waals surface area contributed by atoms with Crippen molar-refractivity contribution in [3.05, 3.63) is 36.5 Å². The van der Waals surface area contributed by atoms with Crippen LogP contribution in [0.15, 0.2) is 36.5 Å². The van der Waals surface area contributed by atoms with Crippen LogP contribution in [0.1, 0.15) is 290 Å². The van der Waals surface area contributed by atoms with Crippen molar-refractivity contribution in [2.24, 2.45) is 0 Å². The molecule has 0 aromatic carbocycles. The van der Waals surface area contributed by atoms with Crippen LogP contribution >= 0.6 is 0 Å². The van der Waals surface area contributed by atoms with Crippen molar-refractivity contribution in [1.29, 1.82) is 0 Å². The highest BCUT2D eigenvalue weighted by molar-refractivity contribution is 5.71. The summed E-state index contributed by atoms with van der Waals surface area (Å²) >= 11 is 0. The van der Waals surface area contributed by atoms with Gasteiger partial charge in [0, 0.05) is 19.3 Å². The van der Waals surface area contributed by atoms with E-state index in [1.165, 1.54) is 167 Å². The highest BCUT2D eigenvalue weighted by Gasteiger charge is 2.19. The number of unbranched alkanes of at least 4 members (excludes halogenated alkanes) is 33. The highest BCUT2D eigenvalue weighted by atomic mass is 16.6. The van der Waals surface area contributed by atoms with Crippen LogP contribution in [-0.2, 0) is 28.6 Å². The number of allylic oxidation sites excluding steroid dienone is 6. The maximum absolute atomic E-state index is 12.8. The number of rotatable bonds is 50. The van der Waals surface area contributed by atoms with E-state index in [-0.39, 0.29) is 31.1 Å². The van der Waals surface area contributed by atoms with Gasteiger partial charge in [-0.2, -0.15) is 0 Å². The molecule has 0 radical (unpaired) electrons. The van der Waals surface area contributed by atoms with Gasteiger partial charge in [0.25, 0.3) is 0 Å². The van der Waals surface area contributed by atoms with E-state index < -0.39 is 6.10 Å². The van der Waals surface area contributed by atoms with Gasteiger partial charge < -0.3 is 14.2 Å². The molecule has 6 heteroatoms. The second kappa shape index (κ2) is 52.3. The van der Waals surface area contributed by atoms with Crippen molar-refractivity contribution in [2.45, 2.75) is 297 Å². The zero-order chi connectivity index (χ0) is 45.8. The summed E-state index contributed by atoms with van der Waals surface area (Å²) in [6, 6.07) is 0. The van der Waals surface area contributed by atoms with Gasteiger partial charge in [-0.3, -0.25) is 14.4 Å². The predicted molar refractivity (Wildman–Crippen MR) is 270 cm³/mol. The first-order valence-corrected chi connectivity index (χ1v) is 27.5. The summed E-state index contributed by atoms with van der Waals surface area (Å²) in [5, 5.41) is 0. The molecule has 0 spiro atoms. The molecule has 368 valence electrons. The molecular weight excluding hydrogens is 781 g/mol. The summed E-state index contributed by atoms with van der Waals surface area (Å²) in [4.78, 5) is 38.0. The van der Waals surface area contributed by atoms with E-state index >= 15 is 0 Å². The molecule has 6 nitrogen and oxygen atoms in total. The third-order valence-electron chi connectivity index (χ3n) is 12.1. The fourth-order valence-corrected chi connectivity index (χ4v) is 7.98. The summed E-state index contributed by atoms with van der Waals surface area (Å²) < 4.78 is 16.8. The molecule has 0 bridgehead atoms. The molecule has 1 atom stereocenters. The highest BCUT2D eigenvalue weighted by Crippen LogP contribution is 2.16. The van der Waals surface area contributed by atoms with Crippen LogP contribution < -0.4 is 0 Å². The summed E-state index contributed by atoms with van der Waals surface area (Å²) in [6.45, 7) is 6.62. The van der Waals surface area contributed by atoms with Crippen molar-refractivity contribution in [2.75, 3.05) is 13.2 Å². The Morgan fingerprint density at radius 1 is 0.317 bits per heavy atom. The van der Waals surface area contributed by atoms with E-state index in [1.54, 1.807) is 0 Å². The third-order valence-corrected chi connectivity index (χ3v) is 12.1. The van der Waals surface area contributed by atoms with Crippen molar-refractivity contribution < 1.29 is 28.6 Å². The van der Waals surface area contributed by atoms with Crippen molar-refractivity contribution in [3.8, 4) is 0 Å². The van der Waals surface area contributed by atoms with Gasteiger partial charge in [-0.15, -0.1) is 0 Å². The van der Waals surface area contributed by atoms with Crippen molar-refractivity contribution in [3.63, 3.8) is 0 Å². The topological polar surface area (TPSA) is 78.9 Å². The number of esters is 3. The van der Waals surface area contributed by atoms with E-state index in [2.05, 4.69) is 57.2 Å². The summed E-state index contributed by atoms with van der Waals surface area (Å²) in [5.41, 5.74) is 0. The van der Waals surface area contributed by atoms with Crippen molar-refractivity contribution >= 4 is 17.9 Å². The van der Waals surface area contributed by atoms with Crippen LogP contribution in [0.5, 0.6) is 0 Å². The summed E-state index contributed by atoms with van der Waals surface area (Å²) in [6.07, 6.45) is 61.3. The fourth-order valence-electron chi connectivity index (χ4n) is 7.98. The first kappa shape index (κ1) is 60.6. The Morgan fingerprint density at radius 2 is 0.571 bits per heavy atom. The minimum absolute atomic E-state index is 0.0750. The van der Waals surface area contributed by atoms with Gasteiger partial charge in [-0.1, -0.05) is 250 Å². The van der Waals surface area contributed by atoms with E-state index in [9.17, 15) is 14.4 Å². The van der Waals surface area contributed by atoms with Crippen LogP contribution in [0, 0.1) is 0 Å². The minimum atomic E-state index is -0.776. The molecule has 0 saturated carbocycles. The largest absolute Gasteiger partial charge is 0.462 e. The third kappa shape index (κ3) is 50.5. The Hall–Kier alpha value is -2.37.